The van der Waals surface area contributed by atoms with Gasteiger partial charge in [-0.25, -0.2) is 9.88 Å². The predicted molar refractivity (Wildman–Crippen MR) is 133 cm³/mol. The van der Waals surface area contributed by atoms with Crippen molar-refractivity contribution >= 4 is 56.5 Å². The number of nitro benzene ring substituents is 1. The second-order valence-electron chi connectivity index (χ2n) is 7.53. The van der Waals surface area contributed by atoms with Crippen LogP contribution in [-0.4, -0.2) is 35.9 Å². The summed E-state index contributed by atoms with van der Waals surface area (Å²) in [6.45, 7) is 0. The highest BCUT2D eigenvalue weighted by atomic mass is 32.2. The summed E-state index contributed by atoms with van der Waals surface area (Å²) in [7, 11) is 3.23. The molecule has 0 aliphatic carbocycles. The average Bonchev–Trinajstić information content (AvgIpc) is 3.39. The number of thiazole rings is 1. The van der Waals surface area contributed by atoms with E-state index >= 15 is 0 Å². The molecule has 0 spiro atoms. The van der Waals surface area contributed by atoms with Crippen LogP contribution in [0.15, 0.2) is 58.9 Å². The van der Waals surface area contributed by atoms with E-state index in [-0.39, 0.29) is 16.8 Å². The van der Waals surface area contributed by atoms with Crippen LogP contribution in [0.4, 0.5) is 11.4 Å². The van der Waals surface area contributed by atoms with Gasteiger partial charge < -0.3 is 9.47 Å². The average molecular weight is 508 g/mol. The molecule has 35 heavy (non-hydrogen) atoms. The fourth-order valence-electron chi connectivity index (χ4n) is 3.80. The van der Waals surface area contributed by atoms with Crippen LogP contribution in [-0.2, 0) is 5.75 Å². The molecule has 9 nitrogen and oxygen atoms in total. The summed E-state index contributed by atoms with van der Waals surface area (Å²) >= 11 is 2.99. The van der Waals surface area contributed by atoms with Gasteiger partial charge >= 0.3 is 0 Å². The zero-order chi connectivity index (χ0) is 24.7. The zero-order valence-corrected chi connectivity index (χ0v) is 20.1. The number of thioether (sulfide) groups is 1. The summed E-state index contributed by atoms with van der Waals surface area (Å²) in [5.74, 6) is 1.01. The van der Waals surface area contributed by atoms with Crippen LogP contribution in [0.1, 0.15) is 26.3 Å². The molecule has 0 N–H and O–H groups in total. The lowest BCUT2D eigenvalue weighted by molar-refractivity contribution is -0.384. The number of ether oxygens (including phenoxy) is 2. The smallest absolute Gasteiger partial charge is 0.270 e. The molecular weight excluding hydrogens is 490 g/mol. The van der Waals surface area contributed by atoms with Gasteiger partial charge in [0.1, 0.15) is 11.5 Å². The molecule has 0 bridgehead atoms. The van der Waals surface area contributed by atoms with Crippen LogP contribution in [0, 0.1) is 10.1 Å². The summed E-state index contributed by atoms with van der Waals surface area (Å²) in [6.07, 6.45) is 0. The summed E-state index contributed by atoms with van der Waals surface area (Å²) in [6, 6.07) is 14.4. The summed E-state index contributed by atoms with van der Waals surface area (Å²) in [4.78, 5) is 42.0. The Morgan fingerprint density at radius 2 is 1.80 bits per heavy atom. The third kappa shape index (κ3) is 4.08. The lowest BCUT2D eigenvalue weighted by Crippen LogP contribution is -2.29. The molecule has 1 aromatic heterocycles. The molecule has 4 aromatic rings. The lowest BCUT2D eigenvalue weighted by atomic mass is 10.1. The van der Waals surface area contributed by atoms with Gasteiger partial charge in [-0.2, -0.15) is 0 Å². The molecule has 2 amide bonds. The minimum absolute atomic E-state index is 0.0251. The first-order valence-corrected chi connectivity index (χ1v) is 12.1. The highest BCUT2D eigenvalue weighted by molar-refractivity contribution is 8.00. The van der Waals surface area contributed by atoms with Crippen molar-refractivity contribution in [2.45, 2.75) is 10.1 Å². The number of non-ortho nitro benzene ring substituents is 1. The van der Waals surface area contributed by atoms with Crippen molar-refractivity contribution in [3.63, 3.8) is 0 Å². The van der Waals surface area contributed by atoms with Crippen LogP contribution in [0.3, 0.4) is 0 Å². The number of carbonyl (C=O) groups excluding carboxylic acids is 2. The fourth-order valence-corrected chi connectivity index (χ4v) is 5.88. The molecule has 1 aliphatic rings. The van der Waals surface area contributed by atoms with Crippen molar-refractivity contribution in [2.24, 2.45) is 0 Å². The summed E-state index contributed by atoms with van der Waals surface area (Å²) in [5.41, 5.74) is 2.04. The molecule has 176 valence electrons. The van der Waals surface area contributed by atoms with Crippen molar-refractivity contribution in [1.29, 1.82) is 0 Å². The van der Waals surface area contributed by atoms with E-state index in [0.29, 0.717) is 11.4 Å². The summed E-state index contributed by atoms with van der Waals surface area (Å²) in [5, 5.41) is 11.1. The van der Waals surface area contributed by atoms with E-state index in [4.69, 9.17) is 9.47 Å². The Bertz CT molecular complexity index is 1520. The number of methoxy groups -OCH3 is 2. The second-order valence-corrected chi connectivity index (χ2v) is 9.78. The van der Waals surface area contributed by atoms with E-state index in [1.165, 1.54) is 23.5 Å². The van der Waals surface area contributed by atoms with Crippen molar-refractivity contribution in [3.05, 3.63) is 81.4 Å². The van der Waals surface area contributed by atoms with E-state index in [1.807, 2.05) is 18.2 Å². The first-order chi connectivity index (χ1) is 16.9. The van der Waals surface area contributed by atoms with Gasteiger partial charge in [-0.3, -0.25) is 19.7 Å². The number of hydrogen-bond donors (Lipinski definition) is 0. The Morgan fingerprint density at radius 1 is 1.00 bits per heavy atom. The normalized spacial score (nSPS) is 12.8. The Balaban J connectivity index is 1.40. The molecule has 11 heteroatoms. The second kappa shape index (κ2) is 9.01. The van der Waals surface area contributed by atoms with E-state index in [2.05, 4.69) is 4.98 Å². The van der Waals surface area contributed by atoms with Crippen LogP contribution >= 0.6 is 23.1 Å². The van der Waals surface area contributed by atoms with Crippen LogP contribution < -0.4 is 14.4 Å². The molecule has 0 saturated heterocycles. The molecule has 2 heterocycles. The van der Waals surface area contributed by atoms with Crippen molar-refractivity contribution < 1.29 is 24.0 Å². The maximum absolute atomic E-state index is 12.9. The molecule has 0 atom stereocenters. The van der Waals surface area contributed by atoms with Crippen molar-refractivity contribution in [2.75, 3.05) is 19.1 Å². The standard InChI is InChI=1S/C24H17N3O6S2/c1-32-16-5-8-20(33-2)13(9-16)12-34-24-25-19-7-4-14(11-21(19)35-24)26-22(28)17-6-3-15(27(30)31)10-18(17)23(26)29/h3-11H,12H2,1-2H3. The number of nitro groups is 1. The molecule has 3 aromatic carbocycles. The molecule has 5 rings (SSSR count). The van der Waals surface area contributed by atoms with Crippen LogP contribution in [0.2, 0.25) is 0 Å². The third-order valence-electron chi connectivity index (χ3n) is 5.53. The van der Waals surface area contributed by atoms with Gasteiger partial charge in [0.05, 0.1) is 46.2 Å². The number of nitrogens with zero attached hydrogens (tertiary/aromatic N) is 3. The fraction of sp³-hybridized carbons (Fsp3) is 0.125. The minimum Gasteiger partial charge on any atom is -0.497 e. The maximum atomic E-state index is 12.9. The van der Waals surface area contributed by atoms with Crippen molar-refractivity contribution in [1.82, 2.24) is 4.98 Å². The number of benzene rings is 3. The number of amides is 2. The van der Waals surface area contributed by atoms with Gasteiger partial charge in [-0.15, -0.1) is 11.3 Å². The van der Waals surface area contributed by atoms with Gasteiger partial charge in [0.15, 0.2) is 4.34 Å². The SMILES string of the molecule is COc1ccc(OC)c(CSc2nc3ccc(N4C(=O)c5ccc([N+](=O)[O-])cc5C4=O)cc3s2)c1. The molecule has 1 aliphatic heterocycles. The van der Waals surface area contributed by atoms with E-state index in [9.17, 15) is 19.7 Å². The zero-order valence-electron chi connectivity index (χ0n) is 18.5. The Labute approximate surface area is 207 Å². The number of imide groups is 1. The highest BCUT2D eigenvalue weighted by Gasteiger charge is 2.38. The molecular formula is C24H17N3O6S2. The highest BCUT2D eigenvalue weighted by Crippen LogP contribution is 2.37. The minimum atomic E-state index is -0.593. The number of hydrogen-bond acceptors (Lipinski definition) is 9. The largest absolute Gasteiger partial charge is 0.497 e. The van der Waals surface area contributed by atoms with E-state index < -0.39 is 16.7 Å². The molecule has 0 unspecified atom stereocenters. The van der Waals surface area contributed by atoms with E-state index in [1.54, 1.807) is 44.2 Å². The van der Waals surface area contributed by atoms with Crippen LogP contribution in [0.25, 0.3) is 10.2 Å². The van der Waals surface area contributed by atoms with E-state index in [0.717, 1.165) is 42.6 Å². The van der Waals surface area contributed by atoms with Crippen molar-refractivity contribution in [3.8, 4) is 11.5 Å². The van der Waals surface area contributed by atoms with Crippen LogP contribution in [0.5, 0.6) is 11.5 Å². The topological polar surface area (TPSA) is 112 Å². The quantitative estimate of drug-likeness (QED) is 0.143. The molecule has 0 saturated carbocycles. The first-order valence-electron chi connectivity index (χ1n) is 10.3. The number of fused-ring (bicyclic) bond motifs is 2. The van der Waals surface area contributed by atoms with Gasteiger partial charge in [0.25, 0.3) is 17.5 Å². The Hall–Kier alpha value is -3.96. The van der Waals surface area contributed by atoms with Gasteiger partial charge in [0.2, 0.25) is 0 Å². The van der Waals surface area contributed by atoms with Gasteiger partial charge in [-0.1, -0.05) is 11.8 Å². The Morgan fingerprint density at radius 3 is 2.54 bits per heavy atom. The predicted octanol–water partition coefficient (Wildman–Crippen LogP) is 5.31. The third-order valence-corrected chi connectivity index (χ3v) is 7.74. The number of anilines is 1. The lowest BCUT2D eigenvalue weighted by Gasteiger charge is -2.13. The number of carbonyl (C=O) groups is 2. The summed E-state index contributed by atoms with van der Waals surface area (Å²) < 4.78 is 12.4. The first kappa shape index (κ1) is 22.8. The maximum Gasteiger partial charge on any atom is 0.270 e. The number of aromatic nitrogens is 1. The number of rotatable bonds is 7. The Kier molecular flexibility index (Phi) is 5.87. The molecule has 0 fully saturated rings. The monoisotopic (exact) mass is 507 g/mol. The van der Waals surface area contributed by atoms with Gasteiger partial charge in [-0.05, 0) is 42.5 Å². The van der Waals surface area contributed by atoms with Gasteiger partial charge in [0, 0.05) is 23.4 Å². The molecule has 0 radical (unpaired) electrons.